The Labute approximate surface area is 125 Å². The molecule has 7 heteroatoms. The smallest absolute Gasteiger partial charge is 0.248 e. The molecule has 1 aromatic rings. The molecule has 1 heterocycles. The minimum atomic E-state index is -3.55. The number of amides is 1. The number of benzene rings is 1. The van der Waals surface area contributed by atoms with Crippen molar-refractivity contribution in [1.29, 1.82) is 0 Å². The molecule has 2 rings (SSSR count). The van der Waals surface area contributed by atoms with Crippen molar-refractivity contribution in [3.8, 4) is 0 Å². The van der Waals surface area contributed by atoms with Crippen LogP contribution in [0.4, 0.5) is 0 Å². The highest BCUT2D eigenvalue weighted by atomic mass is 32.2. The van der Waals surface area contributed by atoms with E-state index in [-0.39, 0.29) is 16.9 Å². The predicted octanol–water partition coefficient (Wildman–Crippen LogP) is 0.533. The van der Waals surface area contributed by atoms with E-state index in [0.717, 1.165) is 6.42 Å². The van der Waals surface area contributed by atoms with Crippen LogP contribution in [-0.2, 0) is 10.0 Å². The van der Waals surface area contributed by atoms with Gasteiger partial charge in [-0.3, -0.25) is 4.79 Å². The highest BCUT2D eigenvalue weighted by Gasteiger charge is 2.33. The molecular weight excluding hydrogens is 290 g/mol. The minimum Gasteiger partial charge on any atom is -0.366 e. The number of hydrogen-bond donors (Lipinski definition) is 2. The summed E-state index contributed by atoms with van der Waals surface area (Å²) in [5, 5.41) is 0. The van der Waals surface area contributed by atoms with Crippen LogP contribution in [0.1, 0.15) is 30.1 Å². The molecule has 1 aliphatic heterocycles. The first-order chi connectivity index (χ1) is 9.86. The van der Waals surface area contributed by atoms with E-state index in [4.69, 9.17) is 11.5 Å². The molecule has 0 radical (unpaired) electrons. The van der Waals surface area contributed by atoms with Crippen LogP contribution in [0.2, 0.25) is 0 Å². The third-order valence-electron chi connectivity index (χ3n) is 4.06. The fourth-order valence-electron chi connectivity index (χ4n) is 2.61. The number of primary amides is 1. The largest absolute Gasteiger partial charge is 0.366 e. The lowest BCUT2D eigenvalue weighted by Gasteiger charge is -2.35. The number of sulfonamides is 1. The molecule has 0 aliphatic carbocycles. The van der Waals surface area contributed by atoms with E-state index in [9.17, 15) is 13.2 Å². The summed E-state index contributed by atoms with van der Waals surface area (Å²) in [4.78, 5) is 11.2. The Hall–Kier alpha value is -1.44. The molecule has 2 atom stereocenters. The van der Waals surface area contributed by atoms with E-state index < -0.39 is 15.9 Å². The molecule has 0 saturated carbocycles. The lowest BCUT2D eigenvalue weighted by Crippen LogP contribution is -2.48. The zero-order valence-electron chi connectivity index (χ0n) is 12.0. The number of carbonyl (C=O) groups excluding carboxylic acids is 1. The van der Waals surface area contributed by atoms with Crippen molar-refractivity contribution >= 4 is 15.9 Å². The van der Waals surface area contributed by atoms with Gasteiger partial charge in [0.2, 0.25) is 15.9 Å². The van der Waals surface area contributed by atoms with Gasteiger partial charge in [-0.1, -0.05) is 13.3 Å². The van der Waals surface area contributed by atoms with E-state index in [0.29, 0.717) is 25.1 Å². The highest BCUT2D eigenvalue weighted by molar-refractivity contribution is 7.89. The van der Waals surface area contributed by atoms with Crippen LogP contribution in [-0.4, -0.2) is 37.8 Å². The van der Waals surface area contributed by atoms with Crippen LogP contribution >= 0.6 is 0 Å². The van der Waals surface area contributed by atoms with Crippen molar-refractivity contribution in [3.63, 3.8) is 0 Å². The molecule has 1 aliphatic rings. The van der Waals surface area contributed by atoms with Crippen molar-refractivity contribution in [2.75, 3.05) is 13.1 Å². The zero-order valence-corrected chi connectivity index (χ0v) is 12.8. The normalized spacial score (nSPS) is 23.9. The Kier molecular flexibility index (Phi) is 4.65. The van der Waals surface area contributed by atoms with E-state index >= 15 is 0 Å². The van der Waals surface area contributed by atoms with Gasteiger partial charge in [0.25, 0.3) is 0 Å². The molecule has 116 valence electrons. The average Bonchev–Trinajstić information content (AvgIpc) is 2.47. The Morgan fingerprint density at radius 1 is 1.33 bits per heavy atom. The lowest BCUT2D eigenvalue weighted by molar-refractivity contribution is 0.1000. The number of carbonyl (C=O) groups is 1. The predicted molar refractivity (Wildman–Crippen MR) is 80.1 cm³/mol. The van der Waals surface area contributed by atoms with Gasteiger partial charge >= 0.3 is 0 Å². The first-order valence-corrected chi connectivity index (χ1v) is 8.46. The summed E-state index contributed by atoms with van der Waals surface area (Å²) in [6.45, 7) is 2.89. The molecule has 0 spiro atoms. The van der Waals surface area contributed by atoms with Crippen molar-refractivity contribution in [2.24, 2.45) is 17.4 Å². The van der Waals surface area contributed by atoms with Crippen molar-refractivity contribution < 1.29 is 13.2 Å². The van der Waals surface area contributed by atoms with Crippen LogP contribution < -0.4 is 11.5 Å². The van der Waals surface area contributed by atoms with Crippen LogP contribution in [0, 0.1) is 5.92 Å². The van der Waals surface area contributed by atoms with Gasteiger partial charge in [-0.25, -0.2) is 8.42 Å². The Morgan fingerprint density at radius 3 is 2.48 bits per heavy atom. The first-order valence-electron chi connectivity index (χ1n) is 7.02. The quantitative estimate of drug-likeness (QED) is 0.846. The van der Waals surface area contributed by atoms with Gasteiger partial charge in [-0.2, -0.15) is 4.31 Å². The zero-order chi connectivity index (χ0) is 15.6. The second-order valence-electron chi connectivity index (χ2n) is 5.37. The van der Waals surface area contributed by atoms with Gasteiger partial charge < -0.3 is 11.5 Å². The van der Waals surface area contributed by atoms with E-state index in [1.54, 1.807) is 0 Å². The highest BCUT2D eigenvalue weighted by Crippen LogP contribution is 2.25. The van der Waals surface area contributed by atoms with Crippen LogP contribution in [0.5, 0.6) is 0 Å². The van der Waals surface area contributed by atoms with Gasteiger partial charge in [-0.05, 0) is 36.6 Å². The summed E-state index contributed by atoms with van der Waals surface area (Å²) in [6.07, 6.45) is 1.52. The van der Waals surface area contributed by atoms with Gasteiger partial charge in [0.05, 0.1) is 4.90 Å². The van der Waals surface area contributed by atoms with Gasteiger partial charge in [-0.15, -0.1) is 0 Å². The van der Waals surface area contributed by atoms with E-state index in [1.165, 1.54) is 28.6 Å². The molecular formula is C14H21N3O3S. The van der Waals surface area contributed by atoms with Crippen molar-refractivity contribution in [1.82, 2.24) is 4.31 Å². The first kappa shape index (κ1) is 15.9. The van der Waals surface area contributed by atoms with Crippen molar-refractivity contribution in [2.45, 2.75) is 30.7 Å². The summed E-state index contributed by atoms with van der Waals surface area (Å²) >= 11 is 0. The SMILES string of the molecule is CCC1CN(S(=O)(=O)c2ccc(C(N)=O)cc2)CCC1N. The summed E-state index contributed by atoms with van der Waals surface area (Å²) in [5.41, 5.74) is 11.5. The third-order valence-corrected chi connectivity index (χ3v) is 5.94. The Morgan fingerprint density at radius 2 is 1.95 bits per heavy atom. The summed E-state index contributed by atoms with van der Waals surface area (Å²) in [6, 6.07) is 5.76. The van der Waals surface area contributed by atoms with Crippen LogP contribution in [0.3, 0.4) is 0 Å². The number of nitrogens with zero attached hydrogens (tertiary/aromatic N) is 1. The Bertz CT molecular complexity index is 613. The standard InChI is InChI=1S/C14H21N3O3S/c1-2-10-9-17(8-7-13(10)15)21(19,20)12-5-3-11(4-6-12)14(16)18/h3-6,10,13H,2,7-9,15H2,1H3,(H2,16,18). The molecule has 1 fully saturated rings. The maximum absolute atomic E-state index is 12.6. The third kappa shape index (κ3) is 3.25. The number of nitrogens with two attached hydrogens (primary N) is 2. The maximum atomic E-state index is 12.6. The molecule has 1 aromatic carbocycles. The fourth-order valence-corrected chi connectivity index (χ4v) is 4.12. The summed E-state index contributed by atoms with van der Waals surface area (Å²) in [5.74, 6) is -0.396. The molecule has 1 amide bonds. The van der Waals surface area contributed by atoms with Crippen molar-refractivity contribution in [3.05, 3.63) is 29.8 Å². The molecule has 6 nitrogen and oxygen atoms in total. The van der Waals surface area contributed by atoms with Crippen LogP contribution in [0.15, 0.2) is 29.2 Å². The lowest BCUT2D eigenvalue weighted by atomic mass is 9.92. The molecule has 0 bridgehead atoms. The number of hydrogen-bond acceptors (Lipinski definition) is 4. The molecule has 1 saturated heterocycles. The number of rotatable bonds is 4. The minimum absolute atomic E-state index is 0.0543. The van der Waals surface area contributed by atoms with E-state index in [1.807, 2.05) is 6.92 Å². The maximum Gasteiger partial charge on any atom is 0.248 e. The molecule has 21 heavy (non-hydrogen) atoms. The van der Waals surface area contributed by atoms with Gasteiger partial charge in [0.15, 0.2) is 0 Å². The second-order valence-corrected chi connectivity index (χ2v) is 7.31. The average molecular weight is 311 g/mol. The summed E-state index contributed by atoms with van der Waals surface area (Å²) in [7, 11) is -3.55. The summed E-state index contributed by atoms with van der Waals surface area (Å²) < 4.78 is 26.7. The Balaban J connectivity index is 2.23. The van der Waals surface area contributed by atoms with E-state index in [2.05, 4.69) is 0 Å². The van der Waals surface area contributed by atoms with Gasteiger partial charge in [0.1, 0.15) is 0 Å². The fraction of sp³-hybridized carbons (Fsp3) is 0.500. The van der Waals surface area contributed by atoms with Crippen LogP contribution in [0.25, 0.3) is 0 Å². The molecule has 0 aromatic heterocycles. The molecule has 4 N–H and O–H groups in total. The number of piperidine rings is 1. The molecule has 2 unspecified atom stereocenters. The van der Waals surface area contributed by atoms with Gasteiger partial charge in [0, 0.05) is 24.7 Å². The second kappa shape index (κ2) is 6.13. The topological polar surface area (TPSA) is 106 Å². The monoisotopic (exact) mass is 311 g/mol.